The first-order valence-electron chi connectivity index (χ1n) is 7.36. The summed E-state index contributed by atoms with van der Waals surface area (Å²) in [5.74, 6) is -1.48. The summed E-state index contributed by atoms with van der Waals surface area (Å²) >= 11 is 2.92. The number of fused-ring (bicyclic) bond motifs is 1. The molecule has 2 N–H and O–H groups in total. The third-order valence-electron chi connectivity index (χ3n) is 4.22. The number of β-lactam (4-membered cyclic amide) rings is 1. The second kappa shape index (κ2) is 6.14. The predicted molar refractivity (Wildman–Crippen MR) is 92.9 cm³/mol. The van der Waals surface area contributed by atoms with Crippen LogP contribution in [0.3, 0.4) is 0 Å². The van der Waals surface area contributed by atoms with Crippen LogP contribution in [0, 0.1) is 0 Å². The number of nitrogens with zero attached hydrogens (tertiary/aromatic N) is 1. The SMILES string of the molecule is COP(=O)(O)C1N2C(=O)C(NC(=O)Cc3ccsc3)[C@H]2SC1(C)C. The van der Waals surface area contributed by atoms with Gasteiger partial charge in [-0.25, -0.2) is 0 Å². The average Bonchev–Trinajstić information content (AvgIpc) is 3.09. The second-order valence-electron chi connectivity index (χ2n) is 6.33. The zero-order valence-corrected chi connectivity index (χ0v) is 16.0. The first kappa shape index (κ1) is 17.9. The van der Waals surface area contributed by atoms with Crippen LogP contribution in [0.5, 0.6) is 0 Å². The van der Waals surface area contributed by atoms with Crippen LogP contribution in [0.15, 0.2) is 16.8 Å². The van der Waals surface area contributed by atoms with Gasteiger partial charge in [-0.3, -0.25) is 14.2 Å². The Morgan fingerprint density at radius 3 is 2.83 bits per heavy atom. The Morgan fingerprint density at radius 2 is 2.25 bits per heavy atom. The molecule has 0 spiro atoms. The third-order valence-corrected chi connectivity index (χ3v) is 8.74. The number of rotatable bonds is 5. The van der Waals surface area contributed by atoms with E-state index in [1.807, 2.05) is 16.8 Å². The maximum atomic E-state index is 12.5. The maximum absolute atomic E-state index is 12.5. The lowest BCUT2D eigenvalue weighted by Gasteiger charge is -2.45. The van der Waals surface area contributed by atoms with Crippen LogP contribution in [0.2, 0.25) is 0 Å². The van der Waals surface area contributed by atoms with Crippen LogP contribution in [0.1, 0.15) is 19.4 Å². The van der Waals surface area contributed by atoms with Crippen molar-refractivity contribution >= 4 is 42.5 Å². The molecule has 0 bridgehead atoms. The molecule has 4 atom stereocenters. The highest BCUT2D eigenvalue weighted by Gasteiger charge is 2.66. The van der Waals surface area contributed by atoms with E-state index < -0.39 is 24.2 Å². The molecule has 3 heterocycles. The number of nitrogens with one attached hydrogen (secondary N) is 1. The summed E-state index contributed by atoms with van der Waals surface area (Å²) in [6.45, 7) is 3.61. The molecule has 3 unspecified atom stereocenters. The number of amides is 2. The molecule has 2 fully saturated rings. The summed E-state index contributed by atoms with van der Waals surface area (Å²) in [5.41, 5.74) is 0.901. The molecule has 10 heteroatoms. The molecule has 0 radical (unpaired) electrons. The third kappa shape index (κ3) is 2.93. The summed E-state index contributed by atoms with van der Waals surface area (Å²) in [7, 11) is -2.79. The molecule has 132 valence electrons. The van der Waals surface area contributed by atoms with E-state index >= 15 is 0 Å². The monoisotopic (exact) mass is 390 g/mol. The number of carbonyl (C=O) groups excluding carboxylic acids is 2. The Labute approximate surface area is 148 Å². The van der Waals surface area contributed by atoms with E-state index in [9.17, 15) is 19.0 Å². The molecular weight excluding hydrogens is 371 g/mol. The van der Waals surface area contributed by atoms with Crippen LogP contribution >= 0.6 is 30.7 Å². The van der Waals surface area contributed by atoms with Crippen molar-refractivity contribution in [3.8, 4) is 0 Å². The molecule has 1 aromatic heterocycles. The number of hydrogen-bond donors (Lipinski definition) is 2. The number of thiophene rings is 1. The van der Waals surface area contributed by atoms with E-state index in [0.29, 0.717) is 0 Å². The minimum atomic E-state index is -3.96. The van der Waals surface area contributed by atoms with Crippen LogP contribution in [0.4, 0.5) is 0 Å². The van der Waals surface area contributed by atoms with Gasteiger partial charge in [0.2, 0.25) is 11.8 Å². The molecule has 0 aliphatic carbocycles. The van der Waals surface area contributed by atoms with Crippen LogP contribution < -0.4 is 5.32 Å². The Bertz CT molecular complexity index is 708. The smallest absolute Gasteiger partial charge is 0.341 e. The Kier molecular flexibility index (Phi) is 4.59. The van der Waals surface area contributed by atoms with Gasteiger partial charge in [-0.1, -0.05) is 0 Å². The van der Waals surface area contributed by atoms with Crippen LogP contribution in [-0.2, 0) is 25.1 Å². The minimum absolute atomic E-state index is 0.216. The van der Waals surface area contributed by atoms with Crippen molar-refractivity contribution in [2.24, 2.45) is 0 Å². The summed E-state index contributed by atoms with van der Waals surface area (Å²) < 4.78 is 16.4. The minimum Gasteiger partial charge on any atom is -0.341 e. The van der Waals surface area contributed by atoms with Gasteiger partial charge < -0.3 is 19.6 Å². The summed E-state index contributed by atoms with van der Waals surface area (Å²) in [5, 5.41) is 6.18. The van der Waals surface area contributed by atoms with Gasteiger partial charge in [0.05, 0.1) is 6.42 Å². The Balaban J connectivity index is 1.71. The fourth-order valence-electron chi connectivity index (χ4n) is 3.16. The summed E-state index contributed by atoms with van der Waals surface area (Å²) in [6, 6.07) is 1.20. The molecule has 1 aromatic rings. The van der Waals surface area contributed by atoms with E-state index in [0.717, 1.165) is 5.56 Å². The summed E-state index contributed by atoms with van der Waals surface area (Å²) in [6.07, 6.45) is 0.216. The molecule has 24 heavy (non-hydrogen) atoms. The van der Waals surface area contributed by atoms with E-state index in [2.05, 4.69) is 5.32 Å². The van der Waals surface area contributed by atoms with E-state index in [4.69, 9.17) is 4.52 Å². The molecule has 2 amide bonds. The van der Waals surface area contributed by atoms with Crippen LogP contribution in [-0.4, -0.2) is 50.7 Å². The highest BCUT2D eigenvalue weighted by atomic mass is 32.2. The van der Waals surface area contributed by atoms with Gasteiger partial charge in [-0.15, -0.1) is 11.8 Å². The molecule has 7 nitrogen and oxygen atoms in total. The fraction of sp³-hybridized carbons (Fsp3) is 0.571. The molecule has 0 aromatic carbocycles. The van der Waals surface area contributed by atoms with E-state index in [1.54, 1.807) is 13.8 Å². The van der Waals surface area contributed by atoms with Crippen molar-refractivity contribution in [2.45, 2.75) is 42.2 Å². The van der Waals surface area contributed by atoms with Gasteiger partial charge in [0.25, 0.3) is 0 Å². The standard InChI is InChI=1S/C14H19N2O5PS2/c1-14(2)13(22(19,20)21-3)16-11(18)10(12(16)24-14)15-9(17)6-8-4-5-23-7-8/h4-5,7,10,12-13H,6H2,1-3H3,(H,15,17)(H,19,20)/t10?,12-,13?/m1/s1. The normalized spacial score (nSPS) is 30.4. The number of thioether (sulfide) groups is 1. The number of hydrogen-bond acceptors (Lipinski definition) is 6. The van der Waals surface area contributed by atoms with E-state index in [-0.39, 0.29) is 23.6 Å². The van der Waals surface area contributed by atoms with Gasteiger partial charge >= 0.3 is 7.60 Å². The average molecular weight is 390 g/mol. The van der Waals surface area contributed by atoms with Crippen molar-refractivity contribution in [1.82, 2.24) is 10.2 Å². The molecule has 2 aliphatic rings. The topological polar surface area (TPSA) is 95.9 Å². The van der Waals surface area contributed by atoms with Crippen molar-refractivity contribution < 1.29 is 23.6 Å². The molecule has 2 saturated heterocycles. The van der Waals surface area contributed by atoms with E-state index in [1.165, 1.54) is 35.1 Å². The highest BCUT2D eigenvalue weighted by Crippen LogP contribution is 2.64. The second-order valence-corrected chi connectivity index (χ2v) is 10.9. The molecular formula is C14H19N2O5PS2. The van der Waals surface area contributed by atoms with Gasteiger partial charge in [0.1, 0.15) is 17.2 Å². The van der Waals surface area contributed by atoms with Crippen molar-refractivity contribution in [3.63, 3.8) is 0 Å². The largest absolute Gasteiger partial charge is 0.351 e. The van der Waals surface area contributed by atoms with Crippen molar-refractivity contribution in [2.75, 3.05) is 7.11 Å². The lowest BCUT2D eigenvalue weighted by molar-refractivity contribution is -0.149. The van der Waals surface area contributed by atoms with Crippen molar-refractivity contribution in [3.05, 3.63) is 22.4 Å². The van der Waals surface area contributed by atoms with Crippen molar-refractivity contribution in [1.29, 1.82) is 0 Å². The first-order valence-corrected chi connectivity index (χ1v) is 10.8. The zero-order chi connectivity index (χ0) is 17.7. The predicted octanol–water partition coefficient (Wildman–Crippen LogP) is 1.63. The Morgan fingerprint density at radius 1 is 1.54 bits per heavy atom. The van der Waals surface area contributed by atoms with Gasteiger partial charge in [-0.05, 0) is 36.2 Å². The van der Waals surface area contributed by atoms with Gasteiger partial charge in [0, 0.05) is 11.9 Å². The summed E-state index contributed by atoms with van der Waals surface area (Å²) in [4.78, 5) is 36.0. The molecule has 2 aliphatic heterocycles. The Hall–Kier alpha value is -0.860. The first-order chi connectivity index (χ1) is 11.2. The van der Waals surface area contributed by atoms with Gasteiger partial charge in [-0.2, -0.15) is 11.3 Å². The maximum Gasteiger partial charge on any atom is 0.351 e. The number of carbonyl (C=O) groups is 2. The fourth-order valence-corrected chi connectivity index (χ4v) is 7.58. The highest BCUT2D eigenvalue weighted by molar-refractivity contribution is 8.02. The van der Waals surface area contributed by atoms with Gasteiger partial charge in [0.15, 0.2) is 0 Å². The zero-order valence-electron chi connectivity index (χ0n) is 13.5. The molecule has 0 saturated carbocycles. The quantitative estimate of drug-likeness (QED) is 0.586. The lowest BCUT2D eigenvalue weighted by atomic mass is 10.0. The molecule has 3 rings (SSSR count). The lowest BCUT2D eigenvalue weighted by Crippen LogP contribution is -2.69. The van der Waals surface area contributed by atoms with Crippen LogP contribution in [0.25, 0.3) is 0 Å².